The van der Waals surface area contributed by atoms with Crippen molar-refractivity contribution in [3.63, 3.8) is 0 Å². The number of benzene rings is 2. The van der Waals surface area contributed by atoms with Crippen LogP contribution in [0, 0.1) is 22.7 Å². The summed E-state index contributed by atoms with van der Waals surface area (Å²) in [6.07, 6.45) is -8.64. The number of rotatable bonds is 8. The van der Waals surface area contributed by atoms with Crippen LogP contribution in [0.3, 0.4) is 0 Å². The molecule has 0 spiro atoms. The highest BCUT2D eigenvalue weighted by molar-refractivity contribution is 5.92. The van der Waals surface area contributed by atoms with Crippen LogP contribution in [0.1, 0.15) is 97.1 Å². The number of alkyl carbamates (subject to hydrolysis) is 1. The van der Waals surface area contributed by atoms with E-state index >= 15 is 4.79 Å². The van der Waals surface area contributed by atoms with Gasteiger partial charge in [0.15, 0.2) is 11.7 Å². The Bertz CT molecular complexity index is 1970. The third kappa shape index (κ3) is 7.11. The Morgan fingerprint density at radius 2 is 1.57 bits per heavy atom. The molecule has 1 aliphatic heterocycles. The molecule has 1 amide bonds. The molecule has 58 heavy (non-hydrogen) atoms. The van der Waals surface area contributed by atoms with Crippen molar-refractivity contribution in [1.82, 2.24) is 5.32 Å². The Balaban J connectivity index is 1.49. The number of carbonyl (C=O) groups excluding carboxylic acids is 5. The van der Waals surface area contributed by atoms with Crippen LogP contribution in [0.15, 0.2) is 71.8 Å². The Morgan fingerprint density at radius 1 is 0.966 bits per heavy atom. The van der Waals surface area contributed by atoms with Crippen molar-refractivity contribution in [2.45, 2.75) is 129 Å². The molecule has 14 nitrogen and oxygen atoms in total. The van der Waals surface area contributed by atoms with Crippen LogP contribution in [0.5, 0.6) is 0 Å². The summed E-state index contributed by atoms with van der Waals surface area (Å²) in [5, 5.41) is 39.7. The Hall–Kier alpha value is -4.63. The smallest absolute Gasteiger partial charge is 0.408 e. The van der Waals surface area contributed by atoms with Gasteiger partial charge in [0.25, 0.3) is 0 Å². The average Bonchev–Trinajstić information content (AvgIpc) is 3.14. The van der Waals surface area contributed by atoms with E-state index in [2.05, 4.69) is 5.32 Å². The predicted molar refractivity (Wildman–Crippen MR) is 207 cm³/mol. The fourth-order valence-corrected chi connectivity index (χ4v) is 10.1. The van der Waals surface area contributed by atoms with Gasteiger partial charge in [0, 0.05) is 31.1 Å². The number of amides is 1. The Morgan fingerprint density at radius 3 is 2.12 bits per heavy atom. The molecule has 2 aromatic rings. The van der Waals surface area contributed by atoms with Crippen molar-refractivity contribution in [2.75, 3.05) is 6.61 Å². The standard InChI is InChI=1S/C44H55NO13/c1-23-28(55-38(51)33(48)32(26-16-12-10-13-17-26)45-39(52)58-40(4,5)6)21-44(53)36(56-37(50)27-18-14-11-15-19-27)34-42(9,35(49)24(2)31(23)41(44,7)8)29(47)20-30-43(34,22-54-30)57-25(3)46/h10-19,24,28-30,32-34,36,47-48,53H,20-22H2,1-9H3,(H,45,52)/t24?,28-,29-,30+,32-,33+,34?,36?,42+,43-,44+/m0/s1. The minimum Gasteiger partial charge on any atom is -0.456 e. The summed E-state index contributed by atoms with van der Waals surface area (Å²) >= 11 is 0. The van der Waals surface area contributed by atoms with Crippen molar-refractivity contribution in [1.29, 1.82) is 0 Å². The van der Waals surface area contributed by atoms with E-state index in [4.69, 9.17) is 23.7 Å². The molecule has 1 saturated heterocycles. The van der Waals surface area contributed by atoms with Crippen molar-refractivity contribution >= 4 is 29.8 Å². The zero-order valence-electron chi connectivity index (χ0n) is 34.4. The topological polar surface area (TPSA) is 204 Å². The number of esters is 3. The van der Waals surface area contributed by atoms with Gasteiger partial charge in [-0.25, -0.2) is 14.4 Å². The van der Waals surface area contributed by atoms with Gasteiger partial charge in [0.2, 0.25) is 0 Å². The van der Waals surface area contributed by atoms with E-state index in [1.54, 1.807) is 104 Å². The molecule has 0 aromatic heterocycles. The van der Waals surface area contributed by atoms with Gasteiger partial charge in [-0.3, -0.25) is 9.59 Å². The molecule has 4 N–H and O–H groups in total. The van der Waals surface area contributed by atoms with Gasteiger partial charge < -0.3 is 44.3 Å². The maximum Gasteiger partial charge on any atom is 0.408 e. The lowest BCUT2D eigenvalue weighted by atomic mass is 9.43. The van der Waals surface area contributed by atoms with Crippen LogP contribution in [-0.2, 0) is 38.1 Å². The number of ketones is 1. The van der Waals surface area contributed by atoms with E-state index in [1.165, 1.54) is 19.1 Å². The van der Waals surface area contributed by atoms with Crippen LogP contribution >= 0.6 is 0 Å². The van der Waals surface area contributed by atoms with Gasteiger partial charge in [-0.1, -0.05) is 69.3 Å². The number of ether oxygens (including phenoxy) is 5. The lowest BCUT2D eigenvalue weighted by Gasteiger charge is -2.67. The van der Waals surface area contributed by atoms with E-state index in [0.717, 1.165) is 0 Å². The van der Waals surface area contributed by atoms with Gasteiger partial charge >= 0.3 is 24.0 Å². The zero-order valence-corrected chi connectivity index (χ0v) is 34.4. The summed E-state index contributed by atoms with van der Waals surface area (Å²) in [6.45, 7) is 14.3. The van der Waals surface area contributed by atoms with Crippen LogP contribution in [-0.4, -0.2) is 99.0 Å². The van der Waals surface area contributed by atoms with Gasteiger partial charge in [-0.15, -0.1) is 0 Å². The largest absolute Gasteiger partial charge is 0.456 e. The molecule has 6 rings (SSSR count). The molecule has 3 unspecified atom stereocenters. The second-order valence-electron chi connectivity index (χ2n) is 17.9. The zero-order chi connectivity index (χ0) is 42.7. The van der Waals surface area contributed by atoms with Crippen LogP contribution < -0.4 is 5.32 Å². The lowest BCUT2D eigenvalue weighted by Crippen LogP contribution is -2.81. The fraction of sp³-hybridized carbons (Fsp3) is 0.568. The first-order valence-corrected chi connectivity index (χ1v) is 19.7. The number of fused-ring (bicyclic) bond motifs is 5. The number of nitrogens with one attached hydrogen (secondary N) is 1. The van der Waals surface area contributed by atoms with E-state index in [0.29, 0.717) is 16.7 Å². The maximum atomic E-state index is 15.2. The van der Waals surface area contributed by atoms with Crippen LogP contribution in [0.2, 0.25) is 0 Å². The summed E-state index contributed by atoms with van der Waals surface area (Å²) in [6, 6.07) is 15.0. The molecule has 1 heterocycles. The number of carbonyl (C=O) groups is 5. The molecule has 3 aliphatic carbocycles. The normalized spacial score (nSPS) is 33.7. The summed E-state index contributed by atoms with van der Waals surface area (Å²) in [7, 11) is 0. The number of aliphatic hydroxyl groups is 3. The molecule has 2 aromatic carbocycles. The van der Waals surface area contributed by atoms with Gasteiger partial charge in [0.05, 0.1) is 35.6 Å². The summed E-state index contributed by atoms with van der Waals surface area (Å²) < 4.78 is 29.9. The number of hydrogen-bond acceptors (Lipinski definition) is 13. The third-order valence-electron chi connectivity index (χ3n) is 12.9. The molecule has 2 saturated carbocycles. The van der Waals surface area contributed by atoms with Crippen molar-refractivity contribution in [2.24, 2.45) is 22.7 Å². The number of hydrogen-bond donors (Lipinski definition) is 4. The summed E-state index contributed by atoms with van der Waals surface area (Å²) in [5.41, 5.74) is -6.56. The SMILES string of the molecule is CC(=O)O[C@@]12CO[C@@H]1C[C@H](O)[C@@]1(C)C(=O)C(C)C3=C(C)[C@@H](OC(=O)[C@H](O)[C@@H](NC(=O)OC(C)(C)C)c4ccccc4)C[C@@](O)(C(OC(=O)c4ccccc4)C12)C3(C)C. The number of aliphatic hydroxyl groups excluding tert-OH is 2. The fourth-order valence-electron chi connectivity index (χ4n) is 10.1. The van der Waals surface area contributed by atoms with Gasteiger partial charge in [-0.05, 0) is 63.5 Å². The Labute approximate surface area is 338 Å². The minimum absolute atomic E-state index is 0.0734. The molecular weight excluding hydrogens is 750 g/mol. The number of Topliss-reactive ketones (excluding diaryl/α,β-unsaturated/α-hetero) is 1. The first-order valence-electron chi connectivity index (χ1n) is 19.7. The molecule has 314 valence electrons. The monoisotopic (exact) mass is 805 g/mol. The predicted octanol–water partition coefficient (Wildman–Crippen LogP) is 4.53. The van der Waals surface area contributed by atoms with E-state index < -0.39 is 112 Å². The maximum absolute atomic E-state index is 15.2. The van der Waals surface area contributed by atoms with E-state index in [1.807, 2.05) is 0 Å². The molecule has 3 fully saturated rings. The van der Waals surface area contributed by atoms with Crippen molar-refractivity contribution < 1.29 is 63.0 Å². The highest BCUT2D eigenvalue weighted by Gasteiger charge is 2.77. The second-order valence-corrected chi connectivity index (χ2v) is 17.9. The van der Waals surface area contributed by atoms with Gasteiger partial charge in [-0.2, -0.15) is 0 Å². The molecule has 4 aliphatic rings. The first-order chi connectivity index (χ1) is 27.0. The first kappa shape index (κ1) is 43.0. The quantitative estimate of drug-likeness (QED) is 0.165. The van der Waals surface area contributed by atoms with Crippen molar-refractivity contribution in [3.8, 4) is 0 Å². The molecular formula is C44H55NO13. The molecule has 2 bridgehead atoms. The average molecular weight is 806 g/mol. The highest BCUT2D eigenvalue weighted by atomic mass is 16.6. The van der Waals surface area contributed by atoms with Crippen LogP contribution in [0.4, 0.5) is 4.79 Å². The molecule has 0 radical (unpaired) electrons. The molecule has 14 heteroatoms. The summed E-state index contributed by atoms with van der Waals surface area (Å²) in [5.74, 6) is -5.57. The molecule has 11 atom stereocenters. The second kappa shape index (κ2) is 15.2. The van der Waals surface area contributed by atoms with E-state index in [-0.39, 0.29) is 18.6 Å². The highest BCUT2D eigenvalue weighted by Crippen LogP contribution is 2.65. The minimum atomic E-state index is -2.19. The Kier molecular flexibility index (Phi) is 11.3. The summed E-state index contributed by atoms with van der Waals surface area (Å²) in [4.78, 5) is 69.3. The van der Waals surface area contributed by atoms with E-state index in [9.17, 15) is 34.5 Å². The third-order valence-corrected chi connectivity index (χ3v) is 12.9. The van der Waals surface area contributed by atoms with Crippen LogP contribution in [0.25, 0.3) is 0 Å². The lowest BCUT2D eigenvalue weighted by molar-refractivity contribution is -0.345. The van der Waals surface area contributed by atoms with Crippen molar-refractivity contribution in [3.05, 3.63) is 82.9 Å². The van der Waals surface area contributed by atoms with Gasteiger partial charge in [0.1, 0.15) is 35.3 Å².